The predicted octanol–water partition coefficient (Wildman–Crippen LogP) is 4.23. The standard InChI is InChI=1S/C25H22FN5O/c26-19-9-6-10-20(15-19)31-14-13-30(17-23(31)32)25-28-22-12-5-4-11-21(22)24(29-25)27-16-18-7-2-1-3-8-18/h1-12,15H,13-14,16-17H2,(H,27,28,29). The van der Waals surface area contributed by atoms with Crippen molar-refractivity contribution < 1.29 is 9.18 Å². The van der Waals surface area contributed by atoms with Crippen molar-refractivity contribution in [2.24, 2.45) is 0 Å². The number of fused-ring (bicyclic) bond motifs is 1. The molecule has 3 aromatic carbocycles. The second kappa shape index (κ2) is 8.63. The highest BCUT2D eigenvalue weighted by molar-refractivity contribution is 5.98. The largest absolute Gasteiger partial charge is 0.365 e. The van der Waals surface area contributed by atoms with Gasteiger partial charge in [0.15, 0.2) is 0 Å². The molecule has 1 aliphatic rings. The number of benzene rings is 3. The summed E-state index contributed by atoms with van der Waals surface area (Å²) >= 11 is 0. The van der Waals surface area contributed by atoms with Crippen LogP contribution >= 0.6 is 0 Å². The summed E-state index contributed by atoms with van der Waals surface area (Å²) in [6.45, 7) is 1.75. The molecule has 5 rings (SSSR count). The van der Waals surface area contributed by atoms with Gasteiger partial charge in [-0.3, -0.25) is 4.79 Å². The Morgan fingerprint density at radius 1 is 0.906 bits per heavy atom. The van der Waals surface area contributed by atoms with E-state index in [0.717, 1.165) is 22.3 Å². The molecular weight excluding hydrogens is 405 g/mol. The third-order valence-electron chi connectivity index (χ3n) is 5.52. The number of halogens is 1. The van der Waals surface area contributed by atoms with Crippen LogP contribution in [0.4, 0.5) is 21.8 Å². The van der Waals surface area contributed by atoms with E-state index in [1.54, 1.807) is 17.0 Å². The van der Waals surface area contributed by atoms with E-state index in [2.05, 4.69) is 17.4 Å². The molecule has 1 aromatic heterocycles. The fourth-order valence-electron chi connectivity index (χ4n) is 3.88. The number of anilines is 3. The van der Waals surface area contributed by atoms with Gasteiger partial charge in [-0.15, -0.1) is 0 Å². The maximum Gasteiger partial charge on any atom is 0.246 e. The lowest BCUT2D eigenvalue weighted by Gasteiger charge is -2.34. The van der Waals surface area contributed by atoms with Crippen LogP contribution in [0.3, 0.4) is 0 Å². The molecule has 0 spiro atoms. The molecule has 0 atom stereocenters. The van der Waals surface area contributed by atoms with Crippen LogP contribution in [0.15, 0.2) is 78.9 Å². The molecule has 0 saturated carbocycles. The Bertz CT molecular complexity index is 1260. The van der Waals surface area contributed by atoms with Gasteiger partial charge in [-0.25, -0.2) is 9.37 Å². The predicted molar refractivity (Wildman–Crippen MR) is 124 cm³/mol. The van der Waals surface area contributed by atoms with E-state index in [0.29, 0.717) is 31.3 Å². The van der Waals surface area contributed by atoms with Crippen LogP contribution in [-0.4, -0.2) is 35.5 Å². The smallest absolute Gasteiger partial charge is 0.246 e. The van der Waals surface area contributed by atoms with Crippen molar-refractivity contribution in [1.82, 2.24) is 9.97 Å². The first kappa shape index (κ1) is 19.9. The number of hydrogen-bond acceptors (Lipinski definition) is 5. The summed E-state index contributed by atoms with van der Waals surface area (Å²) in [5, 5.41) is 4.35. The number of nitrogens with zero attached hydrogens (tertiary/aromatic N) is 4. The topological polar surface area (TPSA) is 61.4 Å². The number of para-hydroxylation sites is 1. The number of piperazine rings is 1. The number of rotatable bonds is 5. The average Bonchev–Trinajstić information content (AvgIpc) is 2.83. The van der Waals surface area contributed by atoms with Crippen molar-refractivity contribution in [3.63, 3.8) is 0 Å². The highest BCUT2D eigenvalue weighted by atomic mass is 19.1. The molecule has 1 amide bonds. The lowest BCUT2D eigenvalue weighted by molar-refractivity contribution is -0.117. The van der Waals surface area contributed by atoms with Crippen molar-refractivity contribution >= 4 is 34.3 Å². The van der Waals surface area contributed by atoms with E-state index in [4.69, 9.17) is 9.97 Å². The molecule has 160 valence electrons. The quantitative estimate of drug-likeness (QED) is 0.516. The van der Waals surface area contributed by atoms with Crippen molar-refractivity contribution in [2.75, 3.05) is 34.8 Å². The van der Waals surface area contributed by atoms with Crippen molar-refractivity contribution in [3.05, 3.63) is 90.2 Å². The summed E-state index contributed by atoms with van der Waals surface area (Å²) in [5.74, 6) is 0.767. The fourth-order valence-corrected chi connectivity index (χ4v) is 3.88. The Kier molecular flexibility index (Phi) is 5.37. The Morgan fingerprint density at radius 2 is 1.72 bits per heavy atom. The van der Waals surface area contributed by atoms with Crippen LogP contribution < -0.4 is 15.1 Å². The van der Waals surface area contributed by atoms with E-state index in [1.807, 2.05) is 47.4 Å². The second-order valence-corrected chi connectivity index (χ2v) is 7.68. The lowest BCUT2D eigenvalue weighted by atomic mass is 10.2. The lowest BCUT2D eigenvalue weighted by Crippen LogP contribution is -2.51. The van der Waals surface area contributed by atoms with Gasteiger partial charge in [-0.05, 0) is 35.9 Å². The van der Waals surface area contributed by atoms with E-state index in [9.17, 15) is 9.18 Å². The molecule has 1 aliphatic heterocycles. The van der Waals surface area contributed by atoms with Gasteiger partial charge in [-0.1, -0.05) is 48.5 Å². The third kappa shape index (κ3) is 4.09. The first-order valence-corrected chi connectivity index (χ1v) is 10.5. The zero-order chi connectivity index (χ0) is 21.9. The monoisotopic (exact) mass is 427 g/mol. The molecular formula is C25H22FN5O. The highest BCUT2D eigenvalue weighted by Crippen LogP contribution is 2.26. The molecule has 0 unspecified atom stereocenters. The first-order valence-electron chi connectivity index (χ1n) is 10.5. The van der Waals surface area contributed by atoms with E-state index in [-0.39, 0.29) is 18.3 Å². The second-order valence-electron chi connectivity index (χ2n) is 7.68. The SMILES string of the molecule is O=C1CN(c2nc(NCc3ccccc3)c3ccccc3n2)CCN1c1cccc(F)c1. The van der Waals surface area contributed by atoms with Gasteiger partial charge in [0, 0.05) is 30.7 Å². The Balaban J connectivity index is 1.40. The number of nitrogens with one attached hydrogen (secondary N) is 1. The van der Waals surface area contributed by atoms with Crippen molar-refractivity contribution in [2.45, 2.75) is 6.54 Å². The first-order chi connectivity index (χ1) is 15.7. The van der Waals surface area contributed by atoms with E-state index >= 15 is 0 Å². The van der Waals surface area contributed by atoms with Gasteiger partial charge in [-0.2, -0.15) is 4.98 Å². The van der Waals surface area contributed by atoms with Gasteiger partial charge < -0.3 is 15.1 Å². The minimum absolute atomic E-state index is 0.114. The molecule has 1 fully saturated rings. The molecule has 2 heterocycles. The molecule has 0 aliphatic carbocycles. The Labute approximate surface area is 185 Å². The van der Waals surface area contributed by atoms with Gasteiger partial charge in [0.1, 0.15) is 18.2 Å². The van der Waals surface area contributed by atoms with Gasteiger partial charge >= 0.3 is 0 Å². The zero-order valence-corrected chi connectivity index (χ0v) is 17.4. The fraction of sp³-hybridized carbons (Fsp3) is 0.160. The maximum atomic E-state index is 13.6. The number of carbonyl (C=O) groups excluding carboxylic acids is 1. The number of aromatic nitrogens is 2. The molecule has 1 saturated heterocycles. The highest BCUT2D eigenvalue weighted by Gasteiger charge is 2.27. The molecule has 7 heteroatoms. The van der Waals surface area contributed by atoms with Gasteiger partial charge in [0.05, 0.1) is 5.52 Å². The Morgan fingerprint density at radius 3 is 2.53 bits per heavy atom. The van der Waals surface area contributed by atoms with Crippen LogP contribution in [0.25, 0.3) is 10.9 Å². The normalized spacial score (nSPS) is 14.1. The molecule has 0 radical (unpaired) electrons. The maximum absolute atomic E-state index is 13.6. The summed E-state index contributed by atoms with van der Waals surface area (Å²) in [6, 6.07) is 24.0. The summed E-state index contributed by atoms with van der Waals surface area (Å²) < 4.78 is 13.6. The minimum Gasteiger partial charge on any atom is -0.365 e. The van der Waals surface area contributed by atoms with Crippen molar-refractivity contribution in [3.8, 4) is 0 Å². The minimum atomic E-state index is -0.357. The number of carbonyl (C=O) groups is 1. The Hall–Kier alpha value is -4.00. The van der Waals surface area contributed by atoms with E-state index < -0.39 is 0 Å². The van der Waals surface area contributed by atoms with Gasteiger partial charge in [0.2, 0.25) is 11.9 Å². The molecule has 6 nitrogen and oxygen atoms in total. The summed E-state index contributed by atoms with van der Waals surface area (Å²) in [4.78, 5) is 25.8. The van der Waals surface area contributed by atoms with Crippen LogP contribution in [-0.2, 0) is 11.3 Å². The molecule has 0 bridgehead atoms. The van der Waals surface area contributed by atoms with Crippen LogP contribution in [0, 0.1) is 5.82 Å². The number of amides is 1. The van der Waals surface area contributed by atoms with E-state index in [1.165, 1.54) is 12.1 Å². The summed E-state index contributed by atoms with van der Waals surface area (Å²) in [5.41, 5.74) is 2.53. The molecule has 1 N–H and O–H groups in total. The zero-order valence-electron chi connectivity index (χ0n) is 17.4. The third-order valence-corrected chi connectivity index (χ3v) is 5.52. The number of hydrogen-bond donors (Lipinski definition) is 1. The van der Waals surface area contributed by atoms with Gasteiger partial charge in [0.25, 0.3) is 0 Å². The summed E-state index contributed by atoms with van der Waals surface area (Å²) in [6.07, 6.45) is 0. The van der Waals surface area contributed by atoms with Crippen LogP contribution in [0.2, 0.25) is 0 Å². The average molecular weight is 427 g/mol. The molecule has 4 aromatic rings. The van der Waals surface area contributed by atoms with Crippen molar-refractivity contribution in [1.29, 1.82) is 0 Å². The molecule has 32 heavy (non-hydrogen) atoms. The van der Waals surface area contributed by atoms with Crippen LogP contribution in [0.5, 0.6) is 0 Å². The summed E-state index contributed by atoms with van der Waals surface area (Å²) in [7, 11) is 0. The van der Waals surface area contributed by atoms with Crippen LogP contribution in [0.1, 0.15) is 5.56 Å².